The van der Waals surface area contributed by atoms with Crippen LogP contribution in [0.4, 0.5) is 0 Å². The van der Waals surface area contributed by atoms with Gasteiger partial charge in [0.2, 0.25) is 0 Å². The largest absolute Gasteiger partial charge is 0.481 e. The zero-order chi connectivity index (χ0) is 15.3. The summed E-state index contributed by atoms with van der Waals surface area (Å²) in [6, 6.07) is 0. The molecular formula is C19H32O2. The SMILES string of the molecule is CC1CCC2C3CCCC3(C)CCC2C1(C)CCC(=O)O. The number of carboxylic acids is 1. The summed E-state index contributed by atoms with van der Waals surface area (Å²) >= 11 is 0. The van der Waals surface area contributed by atoms with Crippen LogP contribution >= 0.6 is 0 Å². The van der Waals surface area contributed by atoms with Crippen molar-refractivity contribution in [1.29, 1.82) is 0 Å². The molecule has 2 nitrogen and oxygen atoms in total. The number of hydrogen-bond acceptors (Lipinski definition) is 1. The summed E-state index contributed by atoms with van der Waals surface area (Å²) in [6.07, 6.45) is 11.0. The van der Waals surface area contributed by atoms with Gasteiger partial charge in [-0.3, -0.25) is 4.79 Å². The van der Waals surface area contributed by atoms with Gasteiger partial charge in [-0.05, 0) is 79.4 Å². The highest BCUT2D eigenvalue weighted by molar-refractivity contribution is 5.66. The normalized spacial score (nSPS) is 49.5. The molecule has 0 spiro atoms. The molecule has 0 aromatic carbocycles. The van der Waals surface area contributed by atoms with Crippen LogP contribution in [0.5, 0.6) is 0 Å². The Bertz CT molecular complexity index is 418. The van der Waals surface area contributed by atoms with Gasteiger partial charge >= 0.3 is 5.97 Å². The summed E-state index contributed by atoms with van der Waals surface area (Å²) in [6.45, 7) is 7.32. The van der Waals surface area contributed by atoms with E-state index in [9.17, 15) is 4.79 Å². The second-order valence-electron chi connectivity index (χ2n) is 8.84. The fourth-order valence-electron chi connectivity index (χ4n) is 6.45. The summed E-state index contributed by atoms with van der Waals surface area (Å²) in [7, 11) is 0. The van der Waals surface area contributed by atoms with E-state index in [2.05, 4.69) is 20.8 Å². The molecule has 6 unspecified atom stereocenters. The minimum absolute atomic E-state index is 0.255. The number of rotatable bonds is 3. The first-order valence-corrected chi connectivity index (χ1v) is 9.08. The number of hydrogen-bond donors (Lipinski definition) is 1. The Morgan fingerprint density at radius 2 is 1.86 bits per heavy atom. The molecule has 3 fully saturated rings. The molecule has 0 aromatic heterocycles. The summed E-state index contributed by atoms with van der Waals surface area (Å²) in [5.74, 6) is 2.64. The molecule has 1 N–H and O–H groups in total. The summed E-state index contributed by atoms with van der Waals surface area (Å²) in [5, 5.41) is 9.13. The van der Waals surface area contributed by atoms with E-state index in [-0.39, 0.29) is 5.41 Å². The lowest BCUT2D eigenvalue weighted by Crippen LogP contribution is -2.50. The highest BCUT2D eigenvalue weighted by Crippen LogP contribution is 2.64. The lowest BCUT2D eigenvalue weighted by molar-refractivity contribution is -0.140. The van der Waals surface area contributed by atoms with Crippen LogP contribution in [-0.2, 0) is 4.79 Å². The van der Waals surface area contributed by atoms with E-state index in [1.807, 2.05) is 0 Å². The quantitative estimate of drug-likeness (QED) is 0.784. The van der Waals surface area contributed by atoms with E-state index in [0.717, 1.165) is 24.2 Å². The van der Waals surface area contributed by atoms with Crippen molar-refractivity contribution in [2.24, 2.45) is 34.5 Å². The predicted molar refractivity (Wildman–Crippen MR) is 85.0 cm³/mol. The van der Waals surface area contributed by atoms with Gasteiger partial charge in [-0.2, -0.15) is 0 Å². The molecule has 0 heterocycles. The fraction of sp³-hybridized carbons (Fsp3) is 0.947. The van der Waals surface area contributed by atoms with Crippen LogP contribution in [0.1, 0.15) is 78.6 Å². The van der Waals surface area contributed by atoms with Crippen molar-refractivity contribution in [3.8, 4) is 0 Å². The zero-order valence-electron chi connectivity index (χ0n) is 14.0. The molecule has 6 atom stereocenters. The number of carbonyl (C=O) groups is 1. The maximum Gasteiger partial charge on any atom is 0.303 e. The van der Waals surface area contributed by atoms with Gasteiger partial charge in [0.1, 0.15) is 0 Å². The second kappa shape index (κ2) is 5.28. The third-order valence-corrected chi connectivity index (χ3v) is 8.00. The monoisotopic (exact) mass is 292 g/mol. The lowest BCUT2D eigenvalue weighted by Gasteiger charge is -2.58. The maximum absolute atomic E-state index is 11.1. The standard InChI is InChI=1S/C19H32O2/c1-13-6-7-14-15-5-4-10-18(15,2)11-8-16(14)19(13,3)12-9-17(20)21/h13-16H,4-12H2,1-3H3,(H,20,21). The van der Waals surface area contributed by atoms with E-state index in [1.54, 1.807) is 0 Å². The van der Waals surface area contributed by atoms with Crippen molar-refractivity contribution in [2.75, 3.05) is 0 Å². The minimum atomic E-state index is -0.618. The molecule has 0 aliphatic heterocycles. The van der Waals surface area contributed by atoms with Gasteiger partial charge < -0.3 is 5.11 Å². The lowest BCUT2D eigenvalue weighted by atomic mass is 9.47. The third-order valence-electron chi connectivity index (χ3n) is 8.00. The first-order chi connectivity index (χ1) is 9.87. The Morgan fingerprint density at radius 1 is 1.10 bits per heavy atom. The van der Waals surface area contributed by atoms with Gasteiger partial charge in [0.05, 0.1) is 0 Å². The van der Waals surface area contributed by atoms with Gasteiger partial charge in [-0.15, -0.1) is 0 Å². The predicted octanol–water partition coefficient (Wildman–Crippen LogP) is 5.12. The minimum Gasteiger partial charge on any atom is -0.481 e. The van der Waals surface area contributed by atoms with Gasteiger partial charge in [0.15, 0.2) is 0 Å². The van der Waals surface area contributed by atoms with Gasteiger partial charge in [-0.25, -0.2) is 0 Å². The molecule has 3 aliphatic carbocycles. The van der Waals surface area contributed by atoms with Gasteiger partial charge in [0.25, 0.3) is 0 Å². The highest BCUT2D eigenvalue weighted by atomic mass is 16.4. The average Bonchev–Trinajstić information content (AvgIpc) is 2.82. The van der Waals surface area contributed by atoms with Crippen LogP contribution in [0.3, 0.4) is 0 Å². The van der Waals surface area contributed by atoms with Crippen molar-refractivity contribution in [3.05, 3.63) is 0 Å². The first-order valence-electron chi connectivity index (χ1n) is 9.08. The molecule has 21 heavy (non-hydrogen) atoms. The number of fused-ring (bicyclic) bond motifs is 3. The number of carboxylic acid groups (broad SMARTS) is 1. The summed E-state index contributed by atoms with van der Waals surface area (Å²) in [5.41, 5.74) is 0.862. The van der Waals surface area contributed by atoms with Crippen molar-refractivity contribution >= 4 is 5.97 Å². The molecule has 3 saturated carbocycles. The van der Waals surface area contributed by atoms with E-state index in [4.69, 9.17) is 5.11 Å². The van der Waals surface area contributed by atoms with E-state index in [1.165, 1.54) is 44.9 Å². The van der Waals surface area contributed by atoms with Gasteiger partial charge in [-0.1, -0.05) is 27.2 Å². The van der Waals surface area contributed by atoms with E-state index in [0.29, 0.717) is 17.8 Å². The second-order valence-corrected chi connectivity index (χ2v) is 8.84. The average molecular weight is 292 g/mol. The van der Waals surface area contributed by atoms with Crippen molar-refractivity contribution in [2.45, 2.75) is 78.6 Å². The molecule has 0 bridgehead atoms. The topological polar surface area (TPSA) is 37.3 Å². The van der Waals surface area contributed by atoms with Crippen molar-refractivity contribution in [1.82, 2.24) is 0 Å². The highest BCUT2D eigenvalue weighted by Gasteiger charge is 2.55. The Labute approximate surface area is 129 Å². The van der Waals surface area contributed by atoms with Crippen molar-refractivity contribution in [3.63, 3.8) is 0 Å². The molecule has 120 valence electrons. The Kier molecular flexibility index (Phi) is 3.86. The third kappa shape index (κ3) is 2.43. The van der Waals surface area contributed by atoms with E-state index >= 15 is 0 Å². The summed E-state index contributed by atoms with van der Waals surface area (Å²) < 4.78 is 0. The number of aliphatic carboxylic acids is 1. The zero-order valence-corrected chi connectivity index (χ0v) is 14.0. The van der Waals surface area contributed by atoms with E-state index < -0.39 is 5.97 Å². The van der Waals surface area contributed by atoms with Crippen molar-refractivity contribution < 1.29 is 9.90 Å². The first kappa shape index (κ1) is 15.4. The van der Waals surface area contributed by atoms with Crippen LogP contribution < -0.4 is 0 Å². The van der Waals surface area contributed by atoms with Crippen LogP contribution in [0.25, 0.3) is 0 Å². The Balaban J connectivity index is 1.83. The summed E-state index contributed by atoms with van der Waals surface area (Å²) in [4.78, 5) is 11.1. The van der Waals surface area contributed by atoms with Crippen LogP contribution in [0.2, 0.25) is 0 Å². The molecule has 3 rings (SSSR count). The molecule has 0 radical (unpaired) electrons. The van der Waals surface area contributed by atoms with Gasteiger partial charge in [0, 0.05) is 6.42 Å². The molecular weight excluding hydrogens is 260 g/mol. The Hall–Kier alpha value is -0.530. The smallest absolute Gasteiger partial charge is 0.303 e. The molecule has 3 aliphatic rings. The molecule has 0 saturated heterocycles. The fourth-order valence-corrected chi connectivity index (χ4v) is 6.45. The van der Waals surface area contributed by atoms with Crippen LogP contribution in [-0.4, -0.2) is 11.1 Å². The molecule has 0 aromatic rings. The maximum atomic E-state index is 11.1. The molecule has 0 amide bonds. The Morgan fingerprint density at radius 3 is 2.57 bits per heavy atom. The van der Waals surface area contributed by atoms with Crippen LogP contribution in [0.15, 0.2) is 0 Å². The van der Waals surface area contributed by atoms with Crippen LogP contribution in [0, 0.1) is 34.5 Å². The molecule has 2 heteroatoms.